The average Bonchev–Trinajstić information content (AvgIpc) is 3.41. The minimum absolute atomic E-state index is 0.0404. The molecule has 0 N–H and O–H groups in total. The lowest BCUT2D eigenvalue weighted by Crippen LogP contribution is -2.35. The van der Waals surface area contributed by atoms with Crippen molar-refractivity contribution in [3.8, 4) is 28.0 Å². The second kappa shape index (κ2) is 14.8. The number of esters is 1. The van der Waals surface area contributed by atoms with Crippen LogP contribution >= 0.6 is 0 Å². The molecule has 1 fully saturated rings. The summed E-state index contributed by atoms with van der Waals surface area (Å²) in [7, 11) is 2.90. The van der Waals surface area contributed by atoms with Gasteiger partial charge in [0.1, 0.15) is 11.9 Å². The maximum absolute atomic E-state index is 13.7. The van der Waals surface area contributed by atoms with Crippen molar-refractivity contribution in [1.29, 1.82) is 0 Å². The summed E-state index contributed by atoms with van der Waals surface area (Å²) in [5.41, 5.74) is 3.64. The predicted octanol–water partition coefficient (Wildman–Crippen LogP) is 11.7. The molecule has 2 aliphatic rings. The SMILES string of the molecule is COC(=O)c1ccc(-c2ccc(OC)c(C3=C(CN4C(=O)O[C@@H](c5cc(C(F)(F)F)cc(C(F)(F)F)c5)[C@@H]4C)CC(C)(C)CC3)c2)c(C)c1-c1ccccc1. The van der Waals surface area contributed by atoms with Gasteiger partial charge in [0.15, 0.2) is 0 Å². The molecule has 0 aromatic heterocycles. The Balaban J connectivity index is 1.42. The molecule has 0 unspecified atom stereocenters. The van der Waals surface area contributed by atoms with Crippen LogP contribution < -0.4 is 4.74 Å². The molecule has 1 amide bonds. The van der Waals surface area contributed by atoms with Crippen LogP contribution in [0.1, 0.15) is 84.3 Å². The zero-order chi connectivity index (χ0) is 40.0. The number of hydrogen-bond donors (Lipinski definition) is 0. The van der Waals surface area contributed by atoms with Gasteiger partial charge in [0.2, 0.25) is 0 Å². The lowest BCUT2D eigenvalue weighted by atomic mass is 9.72. The number of ether oxygens (including phenoxy) is 3. The average molecular weight is 766 g/mol. The first-order chi connectivity index (χ1) is 25.8. The molecule has 6 rings (SSSR count). The van der Waals surface area contributed by atoms with Gasteiger partial charge in [0.05, 0.1) is 37.0 Å². The summed E-state index contributed by atoms with van der Waals surface area (Å²) < 4.78 is 98.8. The van der Waals surface area contributed by atoms with Gasteiger partial charge >= 0.3 is 24.4 Å². The Labute approximate surface area is 315 Å². The van der Waals surface area contributed by atoms with Crippen molar-refractivity contribution >= 4 is 17.6 Å². The zero-order valence-corrected chi connectivity index (χ0v) is 31.2. The van der Waals surface area contributed by atoms with Crippen molar-refractivity contribution in [3.63, 3.8) is 0 Å². The van der Waals surface area contributed by atoms with E-state index in [1.807, 2.05) is 61.5 Å². The number of alkyl halides is 6. The van der Waals surface area contributed by atoms with Crippen molar-refractivity contribution in [3.05, 3.63) is 118 Å². The number of nitrogens with zero attached hydrogens (tertiary/aromatic N) is 1. The maximum atomic E-state index is 13.7. The first-order valence-corrected chi connectivity index (χ1v) is 17.8. The minimum Gasteiger partial charge on any atom is -0.496 e. The number of allylic oxidation sites excluding steroid dienone is 1. The molecule has 0 saturated carbocycles. The normalized spacial score (nSPS) is 18.7. The van der Waals surface area contributed by atoms with Gasteiger partial charge in [0.25, 0.3) is 0 Å². The zero-order valence-electron chi connectivity index (χ0n) is 31.2. The number of halogens is 6. The third-order valence-corrected chi connectivity index (χ3v) is 10.6. The van der Waals surface area contributed by atoms with Gasteiger partial charge in [-0.1, -0.05) is 56.3 Å². The van der Waals surface area contributed by atoms with E-state index < -0.39 is 47.7 Å². The number of rotatable bonds is 8. The first-order valence-electron chi connectivity index (χ1n) is 17.8. The van der Waals surface area contributed by atoms with Crippen LogP contribution in [0.3, 0.4) is 0 Å². The van der Waals surface area contributed by atoms with E-state index in [0.717, 1.165) is 50.9 Å². The van der Waals surface area contributed by atoms with E-state index in [0.29, 0.717) is 36.3 Å². The summed E-state index contributed by atoms with van der Waals surface area (Å²) in [4.78, 5) is 27.7. The number of cyclic esters (lactones) is 1. The summed E-state index contributed by atoms with van der Waals surface area (Å²) in [6.07, 6.45) is -10.3. The fraction of sp³-hybridized carbons (Fsp3) is 0.349. The molecule has 55 heavy (non-hydrogen) atoms. The Morgan fingerprint density at radius 2 is 1.53 bits per heavy atom. The summed E-state index contributed by atoms with van der Waals surface area (Å²) in [5, 5.41) is 0. The number of carbonyl (C=O) groups excluding carboxylic acids is 2. The molecule has 0 radical (unpaired) electrons. The molecule has 12 heteroatoms. The topological polar surface area (TPSA) is 65.1 Å². The highest BCUT2D eigenvalue weighted by Crippen LogP contribution is 2.48. The fourth-order valence-corrected chi connectivity index (χ4v) is 7.79. The van der Waals surface area contributed by atoms with Crippen LogP contribution in [0.2, 0.25) is 0 Å². The quantitative estimate of drug-likeness (QED) is 0.132. The summed E-state index contributed by atoms with van der Waals surface area (Å²) in [6.45, 7) is 7.75. The van der Waals surface area contributed by atoms with Crippen molar-refractivity contribution in [2.75, 3.05) is 20.8 Å². The van der Waals surface area contributed by atoms with E-state index in [1.165, 1.54) is 12.0 Å². The van der Waals surface area contributed by atoms with Crippen molar-refractivity contribution in [2.45, 2.75) is 71.5 Å². The number of hydrogen-bond acceptors (Lipinski definition) is 5. The van der Waals surface area contributed by atoms with E-state index in [2.05, 4.69) is 13.8 Å². The third kappa shape index (κ3) is 7.95. The monoisotopic (exact) mass is 765 g/mol. The largest absolute Gasteiger partial charge is 0.496 e. The molecule has 1 heterocycles. The predicted molar refractivity (Wildman–Crippen MR) is 196 cm³/mol. The van der Waals surface area contributed by atoms with E-state index in [9.17, 15) is 35.9 Å². The van der Waals surface area contributed by atoms with Gasteiger partial charge in [-0.15, -0.1) is 0 Å². The van der Waals surface area contributed by atoms with Gasteiger partial charge in [-0.05, 0) is 119 Å². The van der Waals surface area contributed by atoms with Gasteiger partial charge in [-0.3, -0.25) is 4.90 Å². The van der Waals surface area contributed by atoms with Gasteiger partial charge in [0, 0.05) is 12.1 Å². The van der Waals surface area contributed by atoms with Gasteiger partial charge in [-0.2, -0.15) is 26.3 Å². The maximum Gasteiger partial charge on any atom is 0.416 e. The molecule has 6 nitrogen and oxygen atoms in total. The summed E-state index contributed by atoms with van der Waals surface area (Å²) in [5.74, 6) is 0.121. The molecular weight excluding hydrogens is 724 g/mol. The summed E-state index contributed by atoms with van der Waals surface area (Å²) in [6, 6.07) is 19.3. The van der Waals surface area contributed by atoms with Crippen LogP contribution in [0.15, 0.2) is 84.4 Å². The van der Waals surface area contributed by atoms with Crippen molar-refractivity contribution in [2.24, 2.45) is 5.41 Å². The smallest absolute Gasteiger partial charge is 0.416 e. The fourth-order valence-electron chi connectivity index (χ4n) is 7.79. The Bertz CT molecular complexity index is 2120. The van der Waals surface area contributed by atoms with Crippen LogP contribution in [0, 0.1) is 12.3 Å². The lowest BCUT2D eigenvalue weighted by Gasteiger charge is -2.36. The van der Waals surface area contributed by atoms with E-state index in [1.54, 1.807) is 20.1 Å². The number of methoxy groups -OCH3 is 2. The molecule has 4 aromatic rings. The molecule has 0 spiro atoms. The van der Waals surface area contributed by atoms with Crippen LogP contribution in [-0.2, 0) is 21.8 Å². The lowest BCUT2D eigenvalue weighted by molar-refractivity contribution is -0.143. The molecule has 1 aliphatic carbocycles. The minimum atomic E-state index is -5.05. The second-order valence-electron chi connectivity index (χ2n) is 14.9. The highest BCUT2D eigenvalue weighted by Gasteiger charge is 2.44. The van der Waals surface area contributed by atoms with Crippen molar-refractivity contribution in [1.82, 2.24) is 4.90 Å². The highest BCUT2D eigenvalue weighted by molar-refractivity contribution is 6.00. The number of carbonyl (C=O) groups is 2. The number of amides is 1. The molecule has 1 saturated heterocycles. The Kier molecular flexibility index (Phi) is 10.6. The number of benzene rings is 4. The van der Waals surface area contributed by atoms with Gasteiger partial charge < -0.3 is 14.2 Å². The van der Waals surface area contributed by atoms with Crippen LogP contribution in [0.4, 0.5) is 31.1 Å². The summed E-state index contributed by atoms with van der Waals surface area (Å²) >= 11 is 0. The Morgan fingerprint density at radius 3 is 2.13 bits per heavy atom. The molecule has 290 valence electrons. The standard InChI is InChI=1S/C43H41F6NO5/c1-24-32(13-14-34(39(51)54-6)37(24)26-10-8-7-9-11-26)27-12-15-36(53-5)35(20-27)33-16-17-41(3,4)22-29(33)23-50-25(2)38(55-40(50)52)28-18-30(42(44,45)46)21-31(19-28)43(47,48)49/h7-15,18-21,25,38H,16-17,22-23H2,1-6H3/t25-,38+/m0/s1. The van der Waals surface area contributed by atoms with Crippen LogP contribution in [0.5, 0.6) is 5.75 Å². The second-order valence-corrected chi connectivity index (χ2v) is 14.9. The van der Waals surface area contributed by atoms with Crippen LogP contribution in [-0.4, -0.2) is 43.8 Å². The van der Waals surface area contributed by atoms with E-state index in [-0.39, 0.29) is 23.6 Å². The van der Waals surface area contributed by atoms with Crippen LogP contribution in [0.25, 0.3) is 27.8 Å². The molecule has 2 atom stereocenters. The van der Waals surface area contributed by atoms with Gasteiger partial charge in [-0.25, -0.2) is 9.59 Å². The Hall–Kier alpha value is -5.26. The molecule has 1 aliphatic heterocycles. The highest BCUT2D eigenvalue weighted by atomic mass is 19.4. The van der Waals surface area contributed by atoms with E-state index in [4.69, 9.17) is 14.2 Å². The Morgan fingerprint density at radius 1 is 0.873 bits per heavy atom. The molecule has 4 aromatic carbocycles. The molecular formula is C43H41F6NO5. The molecule has 0 bridgehead atoms. The van der Waals surface area contributed by atoms with Crippen molar-refractivity contribution < 1.29 is 50.1 Å². The first kappa shape index (κ1) is 39.4. The van der Waals surface area contributed by atoms with E-state index >= 15 is 0 Å². The third-order valence-electron chi connectivity index (χ3n) is 10.6.